The smallest absolute Gasteiger partial charge is 0.244 e. The van der Waals surface area contributed by atoms with Crippen LogP contribution in [0.25, 0.3) is 0 Å². The molecule has 1 atom stereocenters. The van der Waals surface area contributed by atoms with Gasteiger partial charge >= 0.3 is 0 Å². The third-order valence-corrected chi connectivity index (χ3v) is 9.38. The van der Waals surface area contributed by atoms with E-state index in [0.29, 0.717) is 5.02 Å². The lowest BCUT2D eigenvalue weighted by Gasteiger charge is -2.34. The van der Waals surface area contributed by atoms with Crippen molar-refractivity contribution < 1.29 is 18.0 Å². The molecule has 2 amide bonds. The van der Waals surface area contributed by atoms with Crippen molar-refractivity contribution in [3.8, 4) is 0 Å². The minimum atomic E-state index is -3.86. The van der Waals surface area contributed by atoms with Gasteiger partial charge in [0.25, 0.3) is 0 Å². The van der Waals surface area contributed by atoms with E-state index in [4.69, 9.17) is 11.6 Å². The highest BCUT2D eigenvalue weighted by Crippen LogP contribution is 2.26. The van der Waals surface area contributed by atoms with Crippen molar-refractivity contribution in [2.75, 3.05) is 17.1 Å². The van der Waals surface area contributed by atoms with E-state index in [1.165, 1.54) is 11.0 Å². The molecular formula is C31H35BrClN3O4S. The van der Waals surface area contributed by atoms with Crippen molar-refractivity contribution in [1.29, 1.82) is 0 Å². The molecule has 0 spiro atoms. The van der Waals surface area contributed by atoms with Gasteiger partial charge in [-0.3, -0.25) is 13.9 Å². The second-order valence-electron chi connectivity index (χ2n) is 10.6. The van der Waals surface area contributed by atoms with Gasteiger partial charge < -0.3 is 10.2 Å². The summed E-state index contributed by atoms with van der Waals surface area (Å²) in [5.41, 5.74) is 2.78. The average molecular weight is 661 g/mol. The number of amides is 2. The molecule has 1 aliphatic carbocycles. The first kappa shape index (κ1) is 31.1. The van der Waals surface area contributed by atoms with Crippen molar-refractivity contribution in [3.05, 3.63) is 99.0 Å². The molecule has 41 heavy (non-hydrogen) atoms. The van der Waals surface area contributed by atoms with E-state index in [1.807, 2.05) is 61.5 Å². The van der Waals surface area contributed by atoms with Gasteiger partial charge in [0.15, 0.2) is 0 Å². The minimum Gasteiger partial charge on any atom is -0.352 e. The molecule has 0 aromatic heterocycles. The monoisotopic (exact) mass is 659 g/mol. The van der Waals surface area contributed by atoms with E-state index in [-0.39, 0.29) is 30.6 Å². The Labute approximate surface area is 256 Å². The second kappa shape index (κ2) is 13.9. The van der Waals surface area contributed by atoms with E-state index in [0.717, 1.165) is 57.4 Å². The van der Waals surface area contributed by atoms with Gasteiger partial charge in [-0.05, 0) is 60.7 Å². The van der Waals surface area contributed by atoms with E-state index < -0.39 is 28.5 Å². The van der Waals surface area contributed by atoms with Crippen LogP contribution < -0.4 is 9.62 Å². The summed E-state index contributed by atoms with van der Waals surface area (Å²) in [6.45, 7) is 1.47. The number of nitrogens with zero attached hydrogens (tertiary/aromatic N) is 2. The quantitative estimate of drug-likeness (QED) is 0.279. The molecule has 7 nitrogen and oxygen atoms in total. The number of sulfonamides is 1. The average Bonchev–Trinajstić information content (AvgIpc) is 3.44. The Morgan fingerprint density at radius 3 is 2.32 bits per heavy atom. The first-order chi connectivity index (χ1) is 19.5. The summed E-state index contributed by atoms with van der Waals surface area (Å²) < 4.78 is 27.8. The van der Waals surface area contributed by atoms with Gasteiger partial charge in [-0.2, -0.15) is 0 Å². The molecule has 1 N–H and O–H groups in total. The van der Waals surface area contributed by atoms with Gasteiger partial charge in [-0.15, -0.1) is 0 Å². The Bertz CT molecular complexity index is 1480. The number of carbonyl (C=O) groups excluding carboxylic acids is 2. The highest BCUT2D eigenvalue weighted by atomic mass is 79.9. The Kier molecular flexibility index (Phi) is 10.5. The number of aryl methyl sites for hydroxylation is 1. The Morgan fingerprint density at radius 1 is 1.00 bits per heavy atom. The molecule has 218 valence electrons. The SMILES string of the molecule is Cc1ccc(N(CC(=O)N(Cc2cccc(Br)c2)C(Cc2ccccc2)C(=O)NC2CCCC2)S(C)(=O)=O)cc1Cl. The summed E-state index contributed by atoms with van der Waals surface area (Å²) >= 11 is 9.81. The molecule has 10 heteroatoms. The van der Waals surface area contributed by atoms with E-state index in [9.17, 15) is 18.0 Å². The highest BCUT2D eigenvalue weighted by molar-refractivity contribution is 9.10. The summed E-state index contributed by atoms with van der Waals surface area (Å²) in [4.78, 5) is 29.6. The van der Waals surface area contributed by atoms with Crippen molar-refractivity contribution in [2.45, 2.75) is 57.7 Å². The van der Waals surface area contributed by atoms with Crippen molar-refractivity contribution in [1.82, 2.24) is 10.2 Å². The predicted molar refractivity (Wildman–Crippen MR) is 167 cm³/mol. The number of halogens is 2. The van der Waals surface area contributed by atoms with Crippen LogP contribution in [-0.2, 0) is 32.6 Å². The topological polar surface area (TPSA) is 86.8 Å². The van der Waals surface area contributed by atoms with E-state index in [1.54, 1.807) is 12.1 Å². The number of carbonyl (C=O) groups is 2. The highest BCUT2D eigenvalue weighted by Gasteiger charge is 2.34. The maximum absolute atomic E-state index is 14.2. The van der Waals surface area contributed by atoms with Gasteiger partial charge in [0.05, 0.1) is 11.9 Å². The number of hydrogen-bond donors (Lipinski definition) is 1. The molecule has 1 unspecified atom stereocenters. The largest absolute Gasteiger partial charge is 0.352 e. The number of benzene rings is 3. The molecule has 0 aliphatic heterocycles. The summed E-state index contributed by atoms with van der Waals surface area (Å²) in [5, 5.41) is 3.57. The summed E-state index contributed by atoms with van der Waals surface area (Å²) in [7, 11) is -3.86. The van der Waals surface area contributed by atoms with Gasteiger partial charge in [-0.1, -0.05) is 88.9 Å². The van der Waals surface area contributed by atoms with Gasteiger partial charge in [0.1, 0.15) is 12.6 Å². The molecular weight excluding hydrogens is 626 g/mol. The fourth-order valence-corrected chi connectivity index (χ4v) is 6.57. The molecule has 0 saturated heterocycles. The molecule has 4 rings (SSSR count). The lowest BCUT2D eigenvalue weighted by atomic mass is 10.0. The number of rotatable bonds is 11. The zero-order chi connectivity index (χ0) is 29.6. The normalized spacial score (nSPS) is 14.4. The predicted octanol–water partition coefficient (Wildman–Crippen LogP) is 5.88. The third kappa shape index (κ3) is 8.56. The van der Waals surface area contributed by atoms with Crippen LogP contribution >= 0.6 is 27.5 Å². The van der Waals surface area contributed by atoms with Crippen molar-refractivity contribution in [2.24, 2.45) is 0 Å². The number of hydrogen-bond acceptors (Lipinski definition) is 4. The summed E-state index contributed by atoms with van der Waals surface area (Å²) in [5.74, 6) is -0.733. The first-order valence-electron chi connectivity index (χ1n) is 13.6. The van der Waals surface area contributed by atoms with Crippen LogP contribution in [0.4, 0.5) is 5.69 Å². The van der Waals surface area contributed by atoms with Crippen LogP contribution in [0.3, 0.4) is 0 Å². The van der Waals surface area contributed by atoms with Crippen LogP contribution in [0.5, 0.6) is 0 Å². The molecule has 3 aromatic carbocycles. The van der Waals surface area contributed by atoms with Gasteiger partial charge in [-0.25, -0.2) is 8.42 Å². The molecule has 0 bridgehead atoms. The van der Waals surface area contributed by atoms with Crippen molar-refractivity contribution in [3.63, 3.8) is 0 Å². The second-order valence-corrected chi connectivity index (χ2v) is 13.8. The van der Waals surface area contributed by atoms with Crippen LogP contribution in [-0.4, -0.2) is 50.0 Å². The van der Waals surface area contributed by atoms with Gasteiger partial charge in [0, 0.05) is 28.5 Å². The standard InChI is InChI=1S/C31H35BrClN3O4S/c1-22-15-16-27(19-28(22)33)36(41(2,39)40)21-30(37)35(20-24-11-8-12-25(32)17-24)29(18-23-9-4-3-5-10-23)31(38)34-26-13-6-7-14-26/h3-5,8-12,15-17,19,26,29H,6-7,13-14,18,20-21H2,1-2H3,(H,34,38). The van der Waals surface area contributed by atoms with Crippen molar-refractivity contribution >= 4 is 55.1 Å². The molecule has 3 aromatic rings. The van der Waals surface area contributed by atoms with Gasteiger partial charge in [0.2, 0.25) is 21.8 Å². The lowest BCUT2D eigenvalue weighted by molar-refractivity contribution is -0.140. The Morgan fingerprint density at radius 2 is 1.68 bits per heavy atom. The third-order valence-electron chi connectivity index (χ3n) is 7.34. The van der Waals surface area contributed by atoms with Crippen LogP contribution in [0.1, 0.15) is 42.4 Å². The molecule has 0 radical (unpaired) electrons. The van der Waals surface area contributed by atoms with Crippen LogP contribution in [0, 0.1) is 6.92 Å². The maximum atomic E-state index is 14.2. The molecule has 1 aliphatic rings. The Balaban J connectivity index is 1.73. The lowest BCUT2D eigenvalue weighted by Crippen LogP contribution is -2.54. The number of anilines is 1. The van der Waals surface area contributed by atoms with E-state index in [2.05, 4.69) is 21.2 Å². The van der Waals surface area contributed by atoms with Crippen LogP contribution in [0.2, 0.25) is 5.02 Å². The molecule has 1 saturated carbocycles. The number of nitrogens with one attached hydrogen (secondary N) is 1. The Hall–Kier alpha value is -2.88. The molecule has 1 fully saturated rings. The zero-order valence-electron chi connectivity index (χ0n) is 23.2. The summed E-state index contributed by atoms with van der Waals surface area (Å²) in [6.07, 6.45) is 5.25. The minimum absolute atomic E-state index is 0.0609. The van der Waals surface area contributed by atoms with Crippen LogP contribution in [0.15, 0.2) is 77.3 Å². The van der Waals surface area contributed by atoms with E-state index >= 15 is 0 Å². The maximum Gasteiger partial charge on any atom is 0.244 e. The zero-order valence-corrected chi connectivity index (χ0v) is 26.4. The first-order valence-corrected chi connectivity index (χ1v) is 16.7. The fraction of sp³-hybridized carbons (Fsp3) is 0.355. The fourth-order valence-electron chi connectivity index (χ4n) is 5.10. The molecule has 0 heterocycles. The summed E-state index contributed by atoms with van der Waals surface area (Å²) in [6, 6.07) is 21.2.